The average Bonchev–Trinajstić information content (AvgIpc) is 2.55. The molecule has 0 spiro atoms. The summed E-state index contributed by atoms with van der Waals surface area (Å²) in [5.41, 5.74) is 2.32. The topological polar surface area (TPSA) is 74.1 Å². The monoisotopic (exact) mass is 309 g/mol. The zero-order valence-corrected chi connectivity index (χ0v) is 13.2. The van der Waals surface area contributed by atoms with Crippen molar-refractivity contribution in [3.05, 3.63) is 42.4 Å². The molecule has 6 nitrogen and oxygen atoms in total. The summed E-state index contributed by atoms with van der Waals surface area (Å²) in [6.07, 6.45) is 3.53. The van der Waals surface area contributed by atoms with E-state index < -0.39 is 0 Å². The van der Waals surface area contributed by atoms with Gasteiger partial charge in [-0.3, -0.25) is 0 Å². The number of hydrogen-bond donors (Lipinski definition) is 1. The van der Waals surface area contributed by atoms with Crippen LogP contribution in [0.25, 0.3) is 0 Å². The predicted molar refractivity (Wildman–Crippen MR) is 88.7 cm³/mol. The van der Waals surface area contributed by atoms with Crippen molar-refractivity contribution >= 4 is 17.2 Å². The molecule has 23 heavy (non-hydrogen) atoms. The van der Waals surface area contributed by atoms with E-state index in [-0.39, 0.29) is 17.9 Å². The van der Waals surface area contributed by atoms with Crippen LogP contribution in [0.3, 0.4) is 0 Å². The second kappa shape index (κ2) is 6.63. The van der Waals surface area contributed by atoms with Gasteiger partial charge in [-0.25, -0.2) is 9.97 Å². The maximum absolute atomic E-state index is 9.05. The van der Waals surface area contributed by atoms with Crippen LogP contribution in [0.2, 0.25) is 0 Å². The van der Waals surface area contributed by atoms with Crippen molar-refractivity contribution in [1.82, 2.24) is 9.97 Å². The van der Waals surface area contributed by atoms with E-state index in [1.807, 2.05) is 18.2 Å². The molecule has 2 aromatic rings. The lowest BCUT2D eigenvalue weighted by Gasteiger charge is -2.36. The van der Waals surface area contributed by atoms with E-state index in [4.69, 9.17) is 10.00 Å². The molecule has 0 aliphatic carbocycles. The van der Waals surface area contributed by atoms with Crippen molar-refractivity contribution in [1.29, 1.82) is 5.26 Å². The van der Waals surface area contributed by atoms with Gasteiger partial charge in [-0.05, 0) is 38.1 Å². The average molecular weight is 309 g/mol. The van der Waals surface area contributed by atoms with Crippen LogP contribution in [0, 0.1) is 11.3 Å². The van der Waals surface area contributed by atoms with Gasteiger partial charge in [0.25, 0.3) is 0 Å². The van der Waals surface area contributed by atoms with Crippen molar-refractivity contribution in [2.75, 3.05) is 23.3 Å². The number of rotatable bonds is 3. The second-order valence-corrected chi connectivity index (χ2v) is 5.70. The number of nitriles is 1. The number of benzene rings is 1. The van der Waals surface area contributed by atoms with Crippen molar-refractivity contribution < 1.29 is 4.74 Å². The highest BCUT2D eigenvalue weighted by Gasteiger charge is 2.22. The van der Waals surface area contributed by atoms with Gasteiger partial charge in [0.15, 0.2) is 11.5 Å². The Hall–Kier alpha value is -2.65. The van der Waals surface area contributed by atoms with Crippen LogP contribution in [0.1, 0.15) is 19.5 Å². The minimum atomic E-state index is 0.231. The second-order valence-electron chi connectivity index (χ2n) is 5.70. The Labute approximate surface area is 135 Å². The summed E-state index contributed by atoms with van der Waals surface area (Å²) in [7, 11) is 0. The van der Waals surface area contributed by atoms with Gasteiger partial charge >= 0.3 is 0 Å². The van der Waals surface area contributed by atoms with Crippen molar-refractivity contribution in [3.8, 4) is 6.07 Å². The molecule has 2 unspecified atom stereocenters. The summed E-state index contributed by atoms with van der Waals surface area (Å²) in [4.78, 5) is 10.5. The highest BCUT2D eigenvalue weighted by Crippen LogP contribution is 2.24. The van der Waals surface area contributed by atoms with Gasteiger partial charge in [-0.2, -0.15) is 5.26 Å². The third-order valence-electron chi connectivity index (χ3n) is 3.72. The Bertz CT molecular complexity index is 700. The molecule has 1 aromatic carbocycles. The number of morpholine rings is 1. The van der Waals surface area contributed by atoms with Gasteiger partial charge < -0.3 is 15.0 Å². The summed E-state index contributed by atoms with van der Waals surface area (Å²) in [6, 6.07) is 10.1. The molecule has 0 saturated carbocycles. The van der Waals surface area contributed by atoms with Gasteiger partial charge in [0.05, 0.1) is 12.2 Å². The lowest BCUT2D eigenvalue weighted by atomic mass is 10.2. The lowest BCUT2D eigenvalue weighted by molar-refractivity contribution is -0.00521. The first-order chi connectivity index (χ1) is 11.2. The van der Waals surface area contributed by atoms with Crippen LogP contribution in [0.4, 0.5) is 17.2 Å². The highest BCUT2D eigenvalue weighted by molar-refractivity contribution is 5.63. The molecule has 2 heterocycles. The number of aromatic nitrogens is 2. The largest absolute Gasteiger partial charge is 0.372 e. The third-order valence-corrected chi connectivity index (χ3v) is 3.72. The fourth-order valence-corrected chi connectivity index (χ4v) is 2.79. The normalized spacial score (nSPS) is 20.8. The molecule has 118 valence electrons. The Morgan fingerprint density at radius 2 is 1.78 bits per heavy atom. The fraction of sp³-hybridized carbons (Fsp3) is 0.353. The van der Waals surface area contributed by atoms with Gasteiger partial charge in [-0.15, -0.1) is 0 Å². The summed E-state index contributed by atoms with van der Waals surface area (Å²) in [6.45, 7) is 5.96. The smallest absolute Gasteiger partial charge is 0.183 e. The lowest BCUT2D eigenvalue weighted by Crippen LogP contribution is -2.45. The van der Waals surface area contributed by atoms with Crippen molar-refractivity contribution in [2.24, 2.45) is 0 Å². The summed E-state index contributed by atoms with van der Waals surface area (Å²) in [5, 5.41) is 12.2. The molecule has 1 fully saturated rings. The maximum atomic E-state index is 9.05. The summed E-state index contributed by atoms with van der Waals surface area (Å²) in [5.74, 6) is 0.469. The molecule has 6 heteroatoms. The van der Waals surface area contributed by atoms with E-state index in [1.54, 1.807) is 6.20 Å². The third kappa shape index (κ3) is 3.58. The summed E-state index contributed by atoms with van der Waals surface area (Å²) < 4.78 is 5.77. The van der Waals surface area contributed by atoms with Gasteiger partial charge in [0.2, 0.25) is 0 Å². The number of hydrogen-bond acceptors (Lipinski definition) is 6. The van der Waals surface area contributed by atoms with E-state index >= 15 is 0 Å². The molecule has 0 amide bonds. The Kier molecular flexibility index (Phi) is 4.40. The van der Waals surface area contributed by atoms with Crippen LogP contribution in [-0.4, -0.2) is 35.3 Å². The van der Waals surface area contributed by atoms with E-state index in [9.17, 15) is 0 Å². The van der Waals surface area contributed by atoms with Crippen molar-refractivity contribution in [3.63, 3.8) is 0 Å². The van der Waals surface area contributed by atoms with Gasteiger partial charge in [-0.1, -0.05) is 0 Å². The van der Waals surface area contributed by atoms with Gasteiger partial charge in [0, 0.05) is 36.9 Å². The molecule has 1 saturated heterocycles. The highest BCUT2D eigenvalue weighted by atomic mass is 16.5. The standard InChI is InChI=1S/C17H19N5O/c1-12-10-22(11-13(2)23-12)15-5-3-14(4-6-15)21-17-16(9-18)19-7-8-20-17/h3-8,12-13H,10-11H2,1-2H3,(H,20,21). The molecule has 1 aliphatic heterocycles. The van der Waals surface area contributed by atoms with Crippen molar-refractivity contribution in [2.45, 2.75) is 26.1 Å². The number of ether oxygens (including phenoxy) is 1. The first kappa shape index (κ1) is 15.3. The first-order valence-corrected chi connectivity index (χ1v) is 7.64. The quantitative estimate of drug-likeness (QED) is 0.939. The molecule has 1 aliphatic rings. The molecular formula is C17H19N5O. The Balaban J connectivity index is 1.73. The SMILES string of the molecule is CC1CN(c2ccc(Nc3nccnc3C#N)cc2)CC(C)O1. The first-order valence-electron chi connectivity index (χ1n) is 7.64. The van der Waals surface area contributed by atoms with Crippen LogP contribution in [-0.2, 0) is 4.74 Å². The summed E-state index contributed by atoms with van der Waals surface area (Å²) >= 11 is 0. The number of anilines is 3. The van der Waals surface area contributed by atoms with Crippen LogP contribution in [0.5, 0.6) is 0 Å². The Morgan fingerprint density at radius 3 is 2.43 bits per heavy atom. The minimum Gasteiger partial charge on any atom is -0.372 e. The zero-order valence-electron chi connectivity index (χ0n) is 13.2. The molecule has 0 radical (unpaired) electrons. The Morgan fingerprint density at radius 1 is 1.13 bits per heavy atom. The molecule has 3 rings (SSSR count). The predicted octanol–water partition coefficient (Wildman–Crippen LogP) is 2.71. The fourth-order valence-electron chi connectivity index (χ4n) is 2.79. The van der Waals surface area contributed by atoms with Crippen LogP contribution >= 0.6 is 0 Å². The molecule has 2 atom stereocenters. The van der Waals surface area contributed by atoms with E-state index in [0.717, 1.165) is 24.5 Å². The molecule has 0 bridgehead atoms. The van der Waals surface area contributed by atoms with E-state index in [1.165, 1.54) is 6.20 Å². The van der Waals surface area contributed by atoms with E-state index in [0.29, 0.717) is 5.82 Å². The number of nitrogens with zero attached hydrogens (tertiary/aromatic N) is 4. The van der Waals surface area contributed by atoms with Gasteiger partial charge in [0.1, 0.15) is 6.07 Å². The molecular weight excluding hydrogens is 290 g/mol. The van der Waals surface area contributed by atoms with Crippen LogP contribution < -0.4 is 10.2 Å². The molecule has 1 aromatic heterocycles. The van der Waals surface area contributed by atoms with Crippen LogP contribution in [0.15, 0.2) is 36.7 Å². The maximum Gasteiger partial charge on any atom is 0.183 e. The number of nitrogens with one attached hydrogen (secondary N) is 1. The zero-order chi connectivity index (χ0) is 16.2. The minimum absolute atomic E-state index is 0.231. The van der Waals surface area contributed by atoms with E-state index in [2.05, 4.69) is 46.2 Å². The molecule has 1 N–H and O–H groups in total.